The van der Waals surface area contributed by atoms with E-state index in [9.17, 15) is 0 Å². The molecule has 0 aromatic rings. The van der Waals surface area contributed by atoms with Gasteiger partial charge >= 0.3 is 18.9 Å². The molecule has 0 aliphatic heterocycles. The molecule has 0 amide bonds. The first kappa shape index (κ1) is 151. The van der Waals surface area contributed by atoms with Gasteiger partial charge in [-0.3, -0.25) is 18.8 Å². The summed E-state index contributed by atoms with van der Waals surface area (Å²) in [6, 6.07) is 0. The third-order valence-corrected chi connectivity index (χ3v) is 0. The quantitative estimate of drug-likeness (QED) is 0.359. The molecule has 0 saturated heterocycles. The van der Waals surface area contributed by atoms with Crippen LogP contribution in [0.25, 0.3) is 0 Å². The van der Waals surface area contributed by atoms with Gasteiger partial charge in [0, 0.05) is 32.7 Å². The largest absolute Gasteiger partial charge is 0 e. The Kier molecular flexibility index (Phi) is 2360. The third kappa shape index (κ3) is 52.5. The summed E-state index contributed by atoms with van der Waals surface area (Å²) in [5.74, 6) is 0. The molecular weight excluding hydrogens is 172 g/mol. The molecule has 1 radical (unpaired) electrons. The van der Waals surface area contributed by atoms with Gasteiger partial charge in [0.2, 0.25) is 0 Å². The summed E-state index contributed by atoms with van der Waals surface area (Å²) in [7, 11) is 0. The molecule has 0 bridgehead atoms. The second-order valence-corrected chi connectivity index (χ2v) is 0. The molecule has 0 aromatic heterocycles. The van der Waals surface area contributed by atoms with Crippen molar-refractivity contribution < 1.29 is 51.5 Å². The average Bonchev–Trinajstić information content (AvgIpc) is 0. The van der Waals surface area contributed by atoms with Crippen LogP contribution in [0.3, 0.4) is 0 Å². The van der Waals surface area contributed by atoms with E-state index in [1.165, 1.54) is 0 Å². The van der Waals surface area contributed by atoms with Gasteiger partial charge in [-0.25, -0.2) is 0 Å². The minimum atomic E-state index is 0. The van der Waals surface area contributed by atoms with Gasteiger partial charge in [-0.1, -0.05) is 0 Å². The summed E-state index contributed by atoms with van der Waals surface area (Å²) in [6.07, 6.45) is 0. The van der Waals surface area contributed by atoms with Crippen LogP contribution < -0.4 is 0 Å². The first-order valence-corrected chi connectivity index (χ1v) is 0. The Hall–Kier alpha value is 1.42. The van der Waals surface area contributed by atoms with Crippen molar-refractivity contribution in [1.82, 2.24) is 0 Å². The Bertz CT molecular complexity index is 7.51. The molecule has 0 N–H and O–H groups in total. The summed E-state index contributed by atoms with van der Waals surface area (Å²) < 4.78 is 0. The van der Waals surface area contributed by atoms with Gasteiger partial charge in [-0.05, 0) is 0 Å². The molecule has 0 fully saturated rings. The van der Waals surface area contributed by atoms with E-state index in [2.05, 4.69) is 0 Å². The maximum atomic E-state index is 0. The molecular formula is H5F4LiY. The van der Waals surface area contributed by atoms with Crippen LogP contribution in [-0.2, 0) is 32.7 Å². The zero-order valence-corrected chi connectivity index (χ0v) is 5.05. The Labute approximate surface area is 70.0 Å². The maximum Gasteiger partial charge on any atom is 0 e. The minimum absolute atomic E-state index is 0. The van der Waals surface area contributed by atoms with Crippen LogP contribution in [-0.4, -0.2) is 18.9 Å². The van der Waals surface area contributed by atoms with Crippen LogP contribution in [0.5, 0.6) is 0 Å². The summed E-state index contributed by atoms with van der Waals surface area (Å²) >= 11 is 0. The fourth-order valence-corrected chi connectivity index (χ4v) is 0. The second-order valence-electron chi connectivity index (χ2n) is 0. The monoisotopic (exact) mass is 177 g/mol. The van der Waals surface area contributed by atoms with Crippen molar-refractivity contribution in [3.8, 4) is 0 Å². The van der Waals surface area contributed by atoms with Gasteiger partial charge in [0.05, 0.1) is 0 Å². The molecule has 6 heavy (non-hydrogen) atoms. The zero-order chi connectivity index (χ0) is 0. The van der Waals surface area contributed by atoms with Crippen molar-refractivity contribution in [3.05, 3.63) is 0 Å². The van der Waals surface area contributed by atoms with Crippen LogP contribution in [0, 0.1) is 0 Å². The Balaban J connectivity index is 0. The maximum absolute atomic E-state index is 0. The van der Waals surface area contributed by atoms with E-state index in [0.717, 1.165) is 0 Å². The van der Waals surface area contributed by atoms with E-state index in [4.69, 9.17) is 0 Å². The molecule has 0 unspecified atom stereocenters. The molecule has 0 atom stereocenters. The molecule has 0 aliphatic rings. The fraction of sp³-hybridized carbons (Fsp3) is 0. The standard InChI is InChI=1S/4FH.Li.Y.H/h4*1H;;;. The fourth-order valence-electron chi connectivity index (χ4n) is 0. The van der Waals surface area contributed by atoms with Gasteiger partial charge in [0.25, 0.3) is 0 Å². The smallest absolute Gasteiger partial charge is 0 e. The van der Waals surface area contributed by atoms with Crippen LogP contribution in [0.15, 0.2) is 0 Å². The number of hydrogen-bond acceptors (Lipinski definition) is 0. The molecule has 37 valence electrons. The third-order valence-electron chi connectivity index (χ3n) is 0. The summed E-state index contributed by atoms with van der Waals surface area (Å²) in [6.45, 7) is 0. The molecule has 6 heteroatoms. The average molecular weight is 177 g/mol. The van der Waals surface area contributed by atoms with Gasteiger partial charge in [-0.2, -0.15) is 0 Å². The van der Waals surface area contributed by atoms with Crippen molar-refractivity contribution in [2.24, 2.45) is 0 Å². The first-order chi connectivity index (χ1) is 0. The topological polar surface area (TPSA) is 0 Å². The second kappa shape index (κ2) is 93.4. The van der Waals surface area contributed by atoms with E-state index >= 15 is 0 Å². The van der Waals surface area contributed by atoms with Crippen molar-refractivity contribution in [3.63, 3.8) is 0 Å². The summed E-state index contributed by atoms with van der Waals surface area (Å²) in [5, 5.41) is 0. The molecule has 0 aromatic carbocycles. The Morgan fingerprint density at radius 2 is 0.500 bits per heavy atom. The number of hydrogen-bond donors (Lipinski definition) is 0. The van der Waals surface area contributed by atoms with Gasteiger partial charge in [-0.15, -0.1) is 0 Å². The van der Waals surface area contributed by atoms with Crippen LogP contribution in [0.2, 0.25) is 0 Å². The van der Waals surface area contributed by atoms with Gasteiger partial charge < -0.3 is 0 Å². The van der Waals surface area contributed by atoms with Crippen LogP contribution in [0.4, 0.5) is 18.8 Å². The van der Waals surface area contributed by atoms with E-state index in [0.29, 0.717) is 0 Å². The predicted octanol–water partition coefficient (Wildman–Crippen LogP) is -0.0410. The Morgan fingerprint density at radius 1 is 0.500 bits per heavy atom. The predicted molar refractivity (Wildman–Crippen MR) is 17.2 cm³/mol. The molecule has 0 nitrogen and oxygen atoms in total. The van der Waals surface area contributed by atoms with Gasteiger partial charge in [0.1, 0.15) is 0 Å². The normalized spacial score (nSPS) is 0. The molecule has 0 rings (SSSR count). The van der Waals surface area contributed by atoms with Crippen molar-refractivity contribution in [2.45, 2.75) is 0 Å². The van der Waals surface area contributed by atoms with E-state index < -0.39 is 0 Å². The van der Waals surface area contributed by atoms with E-state index in [1.54, 1.807) is 0 Å². The van der Waals surface area contributed by atoms with Crippen LogP contribution >= 0.6 is 0 Å². The molecule has 0 saturated carbocycles. The summed E-state index contributed by atoms with van der Waals surface area (Å²) in [5.41, 5.74) is 0. The Morgan fingerprint density at radius 3 is 0.500 bits per heavy atom. The first-order valence-electron chi connectivity index (χ1n) is 0. The van der Waals surface area contributed by atoms with Crippen molar-refractivity contribution in [2.75, 3.05) is 0 Å². The van der Waals surface area contributed by atoms with E-state index in [1.807, 2.05) is 0 Å². The zero-order valence-electron chi connectivity index (χ0n) is 2.21. The minimum Gasteiger partial charge on any atom is 0 e. The van der Waals surface area contributed by atoms with Crippen molar-refractivity contribution >= 4 is 18.9 Å². The SMILES string of the molecule is F.F.F.F.[LiH].[Y]. The number of rotatable bonds is 0. The number of halogens is 4. The molecule has 0 aliphatic carbocycles. The summed E-state index contributed by atoms with van der Waals surface area (Å²) in [4.78, 5) is 0. The van der Waals surface area contributed by atoms with Gasteiger partial charge in [0.15, 0.2) is 0 Å². The van der Waals surface area contributed by atoms with Crippen LogP contribution in [0.1, 0.15) is 0 Å². The van der Waals surface area contributed by atoms with E-state index in [-0.39, 0.29) is 70.4 Å². The molecule has 0 spiro atoms. The molecule has 0 heterocycles. The van der Waals surface area contributed by atoms with Crippen molar-refractivity contribution in [1.29, 1.82) is 0 Å².